The molecule has 0 bridgehead atoms. The summed E-state index contributed by atoms with van der Waals surface area (Å²) in [7, 11) is 0. The van der Waals surface area contributed by atoms with Gasteiger partial charge < -0.3 is 20.4 Å². The molecule has 1 aliphatic heterocycles. The molecule has 6 nitrogen and oxygen atoms in total. The zero-order valence-corrected chi connectivity index (χ0v) is 12.5. The number of nitrogens with one attached hydrogen (secondary N) is 1. The molecule has 0 radical (unpaired) electrons. The minimum Gasteiger partial charge on any atom is -0.394 e. The minimum absolute atomic E-state index is 0.0346. The van der Waals surface area contributed by atoms with Crippen LogP contribution in [0, 0.1) is 5.92 Å². The van der Waals surface area contributed by atoms with Gasteiger partial charge in [-0.05, 0) is 25.7 Å². The van der Waals surface area contributed by atoms with Crippen molar-refractivity contribution in [3.05, 3.63) is 0 Å². The lowest BCUT2D eigenvalue weighted by atomic mass is 9.89. The van der Waals surface area contributed by atoms with E-state index in [0.29, 0.717) is 12.8 Å². The van der Waals surface area contributed by atoms with Crippen LogP contribution in [-0.4, -0.2) is 58.8 Å². The van der Waals surface area contributed by atoms with Gasteiger partial charge in [0.25, 0.3) is 0 Å². The molecular formula is C15H26N2O4. The Labute approximate surface area is 125 Å². The molecular weight excluding hydrogens is 272 g/mol. The average Bonchev–Trinajstić information content (AvgIpc) is 2.96. The molecule has 2 amide bonds. The molecule has 0 aromatic heterocycles. The normalized spacial score (nSPS) is 26.9. The van der Waals surface area contributed by atoms with E-state index in [9.17, 15) is 19.8 Å². The highest BCUT2D eigenvalue weighted by molar-refractivity contribution is 5.86. The zero-order chi connectivity index (χ0) is 15.2. The molecule has 2 atom stereocenters. The molecule has 6 heteroatoms. The van der Waals surface area contributed by atoms with Crippen LogP contribution in [-0.2, 0) is 9.59 Å². The Morgan fingerprint density at radius 3 is 2.05 bits per heavy atom. The molecule has 0 unspecified atom stereocenters. The van der Waals surface area contributed by atoms with Crippen molar-refractivity contribution in [2.45, 2.75) is 57.0 Å². The van der Waals surface area contributed by atoms with Gasteiger partial charge in [0.15, 0.2) is 0 Å². The SMILES string of the molecule is O=C(NCC(=O)N1[C@H](CO)CC[C@H]1CO)C1CCCCC1. The largest absolute Gasteiger partial charge is 0.394 e. The Morgan fingerprint density at radius 1 is 0.952 bits per heavy atom. The molecule has 21 heavy (non-hydrogen) atoms. The fraction of sp³-hybridized carbons (Fsp3) is 0.867. The summed E-state index contributed by atoms with van der Waals surface area (Å²) in [6.07, 6.45) is 6.56. The van der Waals surface area contributed by atoms with Crippen LogP contribution in [0.2, 0.25) is 0 Å². The standard InChI is InChI=1S/C15H26N2O4/c18-9-12-6-7-13(10-19)17(12)14(20)8-16-15(21)11-4-2-1-3-5-11/h11-13,18-19H,1-10H2,(H,16,21)/t12-,13-/m0/s1. The first-order chi connectivity index (χ1) is 10.2. The van der Waals surface area contributed by atoms with E-state index in [2.05, 4.69) is 5.32 Å². The van der Waals surface area contributed by atoms with Gasteiger partial charge in [-0.25, -0.2) is 0 Å². The first-order valence-electron chi connectivity index (χ1n) is 7.98. The maximum Gasteiger partial charge on any atom is 0.242 e. The van der Waals surface area contributed by atoms with Crippen LogP contribution >= 0.6 is 0 Å². The fourth-order valence-corrected chi connectivity index (χ4v) is 3.49. The summed E-state index contributed by atoms with van der Waals surface area (Å²) in [5.41, 5.74) is 0. The van der Waals surface area contributed by atoms with Crippen molar-refractivity contribution >= 4 is 11.8 Å². The van der Waals surface area contributed by atoms with Gasteiger partial charge in [-0.1, -0.05) is 19.3 Å². The lowest BCUT2D eigenvalue weighted by molar-refractivity contribution is -0.137. The second kappa shape index (κ2) is 7.75. The number of hydrogen-bond acceptors (Lipinski definition) is 4. The van der Waals surface area contributed by atoms with Crippen molar-refractivity contribution in [1.82, 2.24) is 10.2 Å². The van der Waals surface area contributed by atoms with Gasteiger partial charge in [-0.2, -0.15) is 0 Å². The molecule has 3 N–H and O–H groups in total. The third kappa shape index (κ3) is 3.95. The van der Waals surface area contributed by atoms with E-state index in [1.54, 1.807) is 4.90 Å². The van der Waals surface area contributed by atoms with Crippen LogP contribution in [0.4, 0.5) is 0 Å². The van der Waals surface area contributed by atoms with E-state index < -0.39 is 0 Å². The highest BCUT2D eigenvalue weighted by atomic mass is 16.3. The van der Waals surface area contributed by atoms with Crippen molar-refractivity contribution in [3.63, 3.8) is 0 Å². The first kappa shape index (κ1) is 16.2. The van der Waals surface area contributed by atoms with Gasteiger partial charge in [0.05, 0.1) is 31.8 Å². The smallest absolute Gasteiger partial charge is 0.242 e. The maximum atomic E-state index is 12.3. The number of nitrogens with zero attached hydrogens (tertiary/aromatic N) is 1. The van der Waals surface area contributed by atoms with Gasteiger partial charge in [0, 0.05) is 5.92 Å². The van der Waals surface area contributed by atoms with Crippen LogP contribution < -0.4 is 5.32 Å². The third-order valence-corrected chi connectivity index (χ3v) is 4.72. The fourth-order valence-electron chi connectivity index (χ4n) is 3.49. The molecule has 0 spiro atoms. The van der Waals surface area contributed by atoms with Gasteiger partial charge in [-0.3, -0.25) is 9.59 Å². The quantitative estimate of drug-likeness (QED) is 0.668. The topological polar surface area (TPSA) is 89.9 Å². The maximum absolute atomic E-state index is 12.3. The summed E-state index contributed by atoms with van der Waals surface area (Å²) >= 11 is 0. The molecule has 1 aliphatic carbocycles. The Kier molecular flexibility index (Phi) is 5.99. The summed E-state index contributed by atoms with van der Waals surface area (Å²) in [5, 5.41) is 21.4. The predicted molar refractivity (Wildman–Crippen MR) is 77.4 cm³/mol. The van der Waals surface area contributed by atoms with Crippen LogP contribution in [0.25, 0.3) is 0 Å². The van der Waals surface area contributed by atoms with Crippen molar-refractivity contribution in [1.29, 1.82) is 0 Å². The molecule has 120 valence electrons. The second-order valence-corrected chi connectivity index (χ2v) is 6.10. The van der Waals surface area contributed by atoms with E-state index in [4.69, 9.17) is 0 Å². The first-order valence-corrected chi connectivity index (χ1v) is 7.98. The molecule has 0 aromatic rings. The van der Waals surface area contributed by atoms with E-state index >= 15 is 0 Å². The van der Waals surface area contributed by atoms with Crippen molar-refractivity contribution in [2.75, 3.05) is 19.8 Å². The van der Waals surface area contributed by atoms with Crippen LogP contribution in [0.1, 0.15) is 44.9 Å². The summed E-state index contributed by atoms with van der Waals surface area (Å²) < 4.78 is 0. The lowest BCUT2D eigenvalue weighted by Crippen LogP contribution is -2.49. The number of carbonyl (C=O) groups excluding carboxylic acids is 2. The van der Waals surface area contributed by atoms with E-state index in [-0.39, 0.29) is 49.6 Å². The Morgan fingerprint density at radius 2 is 1.52 bits per heavy atom. The minimum atomic E-state index is -0.235. The number of aliphatic hydroxyl groups excluding tert-OH is 2. The highest BCUT2D eigenvalue weighted by Gasteiger charge is 2.36. The molecule has 0 aromatic carbocycles. The number of aliphatic hydroxyl groups is 2. The van der Waals surface area contributed by atoms with Crippen molar-refractivity contribution in [2.24, 2.45) is 5.92 Å². The zero-order valence-electron chi connectivity index (χ0n) is 12.5. The van der Waals surface area contributed by atoms with Gasteiger partial charge in [-0.15, -0.1) is 0 Å². The Hall–Kier alpha value is -1.14. The number of amides is 2. The van der Waals surface area contributed by atoms with Crippen LogP contribution in [0.3, 0.4) is 0 Å². The molecule has 1 saturated carbocycles. The number of carbonyl (C=O) groups is 2. The van der Waals surface area contributed by atoms with Crippen LogP contribution in [0.15, 0.2) is 0 Å². The van der Waals surface area contributed by atoms with Crippen LogP contribution in [0.5, 0.6) is 0 Å². The third-order valence-electron chi connectivity index (χ3n) is 4.72. The van der Waals surface area contributed by atoms with Gasteiger partial charge in [0.1, 0.15) is 0 Å². The second-order valence-electron chi connectivity index (χ2n) is 6.10. The van der Waals surface area contributed by atoms with Crippen molar-refractivity contribution < 1.29 is 19.8 Å². The average molecular weight is 298 g/mol. The molecule has 2 aliphatic rings. The predicted octanol–water partition coefficient (Wildman–Crippen LogP) is 0.0271. The lowest BCUT2D eigenvalue weighted by Gasteiger charge is -2.29. The summed E-state index contributed by atoms with van der Waals surface area (Å²) in [6, 6.07) is -0.470. The molecule has 1 saturated heterocycles. The van der Waals surface area contributed by atoms with Gasteiger partial charge in [0.2, 0.25) is 11.8 Å². The summed E-state index contributed by atoms with van der Waals surface area (Å²) in [4.78, 5) is 25.8. The summed E-state index contributed by atoms with van der Waals surface area (Å²) in [5.74, 6) is -0.217. The monoisotopic (exact) mass is 298 g/mol. The molecule has 1 heterocycles. The Balaban J connectivity index is 1.83. The van der Waals surface area contributed by atoms with E-state index in [1.807, 2.05) is 0 Å². The Bertz CT molecular complexity index is 357. The number of likely N-dealkylation sites (tertiary alicyclic amines) is 1. The van der Waals surface area contributed by atoms with E-state index in [0.717, 1.165) is 25.7 Å². The summed E-state index contributed by atoms with van der Waals surface area (Å²) in [6.45, 7) is -0.236. The number of hydrogen-bond donors (Lipinski definition) is 3. The van der Waals surface area contributed by atoms with Crippen molar-refractivity contribution in [3.8, 4) is 0 Å². The van der Waals surface area contributed by atoms with Gasteiger partial charge >= 0.3 is 0 Å². The van der Waals surface area contributed by atoms with E-state index in [1.165, 1.54) is 6.42 Å². The molecule has 2 rings (SSSR count). The highest BCUT2D eigenvalue weighted by Crippen LogP contribution is 2.25. The number of rotatable bonds is 5. The molecule has 2 fully saturated rings.